The first-order valence-electron chi connectivity index (χ1n) is 5.35. The Kier molecular flexibility index (Phi) is 2.33. The van der Waals surface area contributed by atoms with Gasteiger partial charge in [-0.3, -0.25) is 4.68 Å². The van der Waals surface area contributed by atoms with E-state index in [1.807, 2.05) is 7.05 Å². The molecule has 0 aliphatic carbocycles. The fourth-order valence-electron chi connectivity index (χ4n) is 1.64. The van der Waals surface area contributed by atoms with Gasteiger partial charge in [-0.05, 0) is 12.1 Å². The number of aromatic hydroxyl groups is 1. The van der Waals surface area contributed by atoms with E-state index in [1.54, 1.807) is 41.3 Å². The van der Waals surface area contributed by atoms with Gasteiger partial charge in [0, 0.05) is 13.2 Å². The topological polar surface area (TPSA) is 77.0 Å². The van der Waals surface area contributed by atoms with Crippen molar-refractivity contribution < 1.29 is 9.63 Å². The van der Waals surface area contributed by atoms with Crippen LogP contribution in [0.1, 0.15) is 0 Å². The SMILES string of the molecule is Cn1cc(-c2noc(-c3ccccc3O)n2)cn1. The van der Waals surface area contributed by atoms with Crippen LogP contribution in [0.25, 0.3) is 22.8 Å². The minimum Gasteiger partial charge on any atom is -0.507 e. The van der Waals surface area contributed by atoms with E-state index >= 15 is 0 Å². The second-order valence-electron chi connectivity index (χ2n) is 3.84. The van der Waals surface area contributed by atoms with Crippen molar-refractivity contribution in [1.82, 2.24) is 19.9 Å². The highest BCUT2D eigenvalue weighted by atomic mass is 16.5. The van der Waals surface area contributed by atoms with Crippen LogP contribution in [0.2, 0.25) is 0 Å². The molecule has 1 N–H and O–H groups in total. The summed E-state index contributed by atoms with van der Waals surface area (Å²) in [5, 5.41) is 17.6. The van der Waals surface area contributed by atoms with Crippen molar-refractivity contribution in [3.8, 4) is 28.6 Å². The molecule has 0 unspecified atom stereocenters. The number of aromatic nitrogens is 4. The van der Waals surface area contributed by atoms with Gasteiger partial charge in [-0.15, -0.1) is 0 Å². The van der Waals surface area contributed by atoms with Gasteiger partial charge in [0.1, 0.15) is 5.75 Å². The highest BCUT2D eigenvalue weighted by Gasteiger charge is 2.14. The summed E-state index contributed by atoms with van der Waals surface area (Å²) in [5.74, 6) is 0.840. The van der Waals surface area contributed by atoms with Crippen molar-refractivity contribution in [2.24, 2.45) is 7.05 Å². The maximum absolute atomic E-state index is 9.70. The first-order valence-corrected chi connectivity index (χ1v) is 5.35. The number of para-hydroxylation sites is 1. The summed E-state index contributed by atoms with van der Waals surface area (Å²) < 4.78 is 6.80. The summed E-state index contributed by atoms with van der Waals surface area (Å²) in [7, 11) is 1.81. The van der Waals surface area contributed by atoms with E-state index in [0.29, 0.717) is 11.4 Å². The smallest absolute Gasteiger partial charge is 0.261 e. The Balaban J connectivity index is 2.02. The number of benzene rings is 1. The van der Waals surface area contributed by atoms with Crippen molar-refractivity contribution in [2.45, 2.75) is 0 Å². The van der Waals surface area contributed by atoms with E-state index in [2.05, 4.69) is 15.2 Å². The van der Waals surface area contributed by atoms with Gasteiger partial charge >= 0.3 is 0 Å². The second kappa shape index (κ2) is 3.99. The van der Waals surface area contributed by atoms with Gasteiger partial charge in [0.15, 0.2) is 0 Å². The summed E-state index contributed by atoms with van der Waals surface area (Å²) in [6.07, 6.45) is 3.44. The summed E-state index contributed by atoms with van der Waals surface area (Å²) in [4.78, 5) is 4.23. The van der Waals surface area contributed by atoms with Crippen LogP contribution >= 0.6 is 0 Å². The largest absolute Gasteiger partial charge is 0.507 e. The van der Waals surface area contributed by atoms with Crippen molar-refractivity contribution >= 4 is 0 Å². The Labute approximate surface area is 102 Å². The number of hydrogen-bond acceptors (Lipinski definition) is 5. The van der Waals surface area contributed by atoms with Crippen LogP contribution < -0.4 is 0 Å². The van der Waals surface area contributed by atoms with Crippen LogP contribution in [0, 0.1) is 0 Å². The van der Waals surface area contributed by atoms with Crippen LogP contribution in [0.3, 0.4) is 0 Å². The maximum Gasteiger partial charge on any atom is 0.261 e. The number of hydrogen-bond donors (Lipinski definition) is 1. The minimum absolute atomic E-state index is 0.110. The Bertz CT molecular complexity index is 687. The average Bonchev–Trinajstić information content (AvgIpc) is 2.98. The lowest BCUT2D eigenvalue weighted by Crippen LogP contribution is -1.84. The zero-order chi connectivity index (χ0) is 12.5. The van der Waals surface area contributed by atoms with Gasteiger partial charge in [-0.1, -0.05) is 17.3 Å². The van der Waals surface area contributed by atoms with E-state index in [4.69, 9.17) is 4.52 Å². The predicted octanol–water partition coefficient (Wildman–Crippen LogP) is 1.84. The molecule has 1 aromatic carbocycles. The average molecular weight is 242 g/mol. The third-order valence-electron chi connectivity index (χ3n) is 2.52. The zero-order valence-corrected chi connectivity index (χ0v) is 9.61. The summed E-state index contributed by atoms with van der Waals surface area (Å²) in [6, 6.07) is 6.82. The summed E-state index contributed by atoms with van der Waals surface area (Å²) >= 11 is 0. The van der Waals surface area contributed by atoms with Gasteiger partial charge in [-0.25, -0.2) is 0 Å². The third-order valence-corrected chi connectivity index (χ3v) is 2.52. The molecule has 0 spiro atoms. The van der Waals surface area contributed by atoms with Gasteiger partial charge in [-0.2, -0.15) is 10.1 Å². The molecule has 6 heteroatoms. The molecule has 2 aromatic heterocycles. The molecule has 18 heavy (non-hydrogen) atoms. The lowest BCUT2D eigenvalue weighted by molar-refractivity contribution is 0.426. The van der Waals surface area contributed by atoms with Crippen LogP contribution in [0.15, 0.2) is 41.2 Å². The standard InChI is InChI=1S/C12H10N4O2/c1-16-7-8(6-13-16)11-14-12(18-15-11)9-4-2-3-5-10(9)17/h2-7,17H,1H3. The highest BCUT2D eigenvalue weighted by Crippen LogP contribution is 2.28. The van der Waals surface area contributed by atoms with Crippen LogP contribution in [0.4, 0.5) is 0 Å². The van der Waals surface area contributed by atoms with E-state index in [-0.39, 0.29) is 11.6 Å². The molecule has 0 aliphatic heterocycles. The molecular weight excluding hydrogens is 232 g/mol. The zero-order valence-electron chi connectivity index (χ0n) is 9.61. The maximum atomic E-state index is 9.70. The molecule has 2 heterocycles. The fraction of sp³-hybridized carbons (Fsp3) is 0.0833. The normalized spacial score (nSPS) is 10.7. The Morgan fingerprint density at radius 1 is 1.28 bits per heavy atom. The predicted molar refractivity (Wildman–Crippen MR) is 63.6 cm³/mol. The molecule has 0 fully saturated rings. The van der Waals surface area contributed by atoms with Crippen LogP contribution in [-0.4, -0.2) is 25.0 Å². The Hall–Kier alpha value is -2.63. The molecule has 0 bridgehead atoms. The molecule has 90 valence electrons. The first-order chi connectivity index (χ1) is 8.74. The number of aryl methyl sites for hydroxylation is 1. The van der Waals surface area contributed by atoms with E-state index in [1.165, 1.54) is 0 Å². The minimum atomic E-state index is 0.110. The summed E-state index contributed by atoms with van der Waals surface area (Å²) in [6.45, 7) is 0. The lowest BCUT2D eigenvalue weighted by atomic mass is 10.2. The fourth-order valence-corrected chi connectivity index (χ4v) is 1.64. The van der Waals surface area contributed by atoms with Crippen LogP contribution in [0.5, 0.6) is 5.75 Å². The Morgan fingerprint density at radius 3 is 2.83 bits per heavy atom. The van der Waals surface area contributed by atoms with Gasteiger partial charge in [0.2, 0.25) is 5.82 Å². The van der Waals surface area contributed by atoms with Crippen LogP contribution in [-0.2, 0) is 7.05 Å². The highest BCUT2D eigenvalue weighted by molar-refractivity contribution is 5.64. The van der Waals surface area contributed by atoms with Gasteiger partial charge in [0.05, 0.1) is 17.3 Å². The van der Waals surface area contributed by atoms with Gasteiger partial charge < -0.3 is 9.63 Å². The molecule has 0 aliphatic rings. The number of nitrogens with zero attached hydrogens (tertiary/aromatic N) is 4. The molecule has 0 saturated carbocycles. The molecule has 6 nitrogen and oxygen atoms in total. The van der Waals surface area contributed by atoms with E-state index in [9.17, 15) is 5.11 Å². The van der Waals surface area contributed by atoms with Gasteiger partial charge in [0.25, 0.3) is 5.89 Å². The van der Waals surface area contributed by atoms with E-state index < -0.39 is 0 Å². The van der Waals surface area contributed by atoms with Crippen molar-refractivity contribution in [1.29, 1.82) is 0 Å². The first kappa shape index (κ1) is 10.5. The monoisotopic (exact) mass is 242 g/mol. The molecule has 3 aromatic rings. The van der Waals surface area contributed by atoms with Crippen molar-refractivity contribution in [2.75, 3.05) is 0 Å². The number of phenolic OH excluding ortho intramolecular Hbond substituents is 1. The van der Waals surface area contributed by atoms with Crippen molar-refractivity contribution in [3.63, 3.8) is 0 Å². The lowest BCUT2D eigenvalue weighted by Gasteiger charge is -1.96. The van der Waals surface area contributed by atoms with E-state index in [0.717, 1.165) is 5.56 Å². The third kappa shape index (κ3) is 1.73. The molecular formula is C12H10N4O2. The molecule has 0 amide bonds. The second-order valence-corrected chi connectivity index (χ2v) is 3.84. The number of rotatable bonds is 2. The number of phenols is 1. The van der Waals surface area contributed by atoms with Crippen molar-refractivity contribution in [3.05, 3.63) is 36.7 Å². The molecule has 0 saturated heterocycles. The molecule has 0 radical (unpaired) electrons. The molecule has 0 atom stereocenters. The summed E-state index contributed by atoms with van der Waals surface area (Å²) in [5.41, 5.74) is 1.28. The quantitative estimate of drug-likeness (QED) is 0.742. The Morgan fingerprint density at radius 2 is 2.11 bits per heavy atom. The molecule has 3 rings (SSSR count).